The van der Waals surface area contributed by atoms with Gasteiger partial charge in [0.15, 0.2) is 0 Å². The second-order valence-corrected chi connectivity index (χ2v) is 4.63. The minimum Gasteiger partial charge on any atom is -0.353 e. The summed E-state index contributed by atoms with van der Waals surface area (Å²) >= 11 is 0. The molecule has 0 unspecified atom stereocenters. The van der Waals surface area contributed by atoms with Gasteiger partial charge in [-0.05, 0) is 13.3 Å². The quantitative estimate of drug-likeness (QED) is 0.800. The van der Waals surface area contributed by atoms with E-state index < -0.39 is 0 Å². The molecule has 0 aliphatic carbocycles. The van der Waals surface area contributed by atoms with E-state index in [9.17, 15) is 0 Å². The molecule has 1 aromatic rings. The zero-order valence-corrected chi connectivity index (χ0v) is 9.40. The third kappa shape index (κ3) is 2.26. The lowest BCUT2D eigenvalue weighted by Crippen LogP contribution is -2.65. The highest BCUT2D eigenvalue weighted by atomic mass is 15.3. The average molecular weight is 206 g/mol. The minimum absolute atomic E-state index is 0.0458. The van der Waals surface area contributed by atoms with Crippen molar-refractivity contribution >= 4 is 5.82 Å². The van der Waals surface area contributed by atoms with Crippen LogP contribution >= 0.6 is 0 Å². The molecular weight excluding hydrogens is 188 g/mol. The standard InChI is InChI=1S/C11H18N4/c1-3-4-9-5-10(14-8-13-9)15-6-11(2,12)7-15/h5,8H,3-4,6-7,12H2,1-2H3. The first kappa shape index (κ1) is 10.4. The van der Waals surface area contributed by atoms with Crippen LogP contribution in [0.5, 0.6) is 0 Å². The van der Waals surface area contributed by atoms with E-state index in [-0.39, 0.29) is 5.54 Å². The number of hydrogen-bond acceptors (Lipinski definition) is 4. The molecule has 1 fully saturated rings. The third-order valence-corrected chi connectivity index (χ3v) is 2.64. The minimum atomic E-state index is -0.0458. The van der Waals surface area contributed by atoms with Gasteiger partial charge < -0.3 is 10.6 Å². The molecule has 1 aliphatic heterocycles. The number of hydrogen-bond donors (Lipinski definition) is 1. The van der Waals surface area contributed by atoms with Crippen molar-refractivity contribution in [3.8, 4) is 0 Å². The molecule has 0 spiro atoms. The summed E-state index contributed by atoms with van der Waals surface area (Å²) in [5.41, 5.74) is 7.03. The van der Waals surface area contributed by atoms with Gasteiger partial charge in [-0.15, -0.1) is 0 Å². The lowest BCUT2D eigenvalue weighted by molar-refractivity contribution is 0.362. The van der Waals surface area contributed by atoms with E-state index in [1.165, 1.54) is 0 Å². The van der Waals surface area contributed by atoms with Crippen LogP contribution < -0.4 is 10.6 Å². The maximum Gasteiger partial charge on any atom is 0.132 e. The summed E-state index contributed by atoms with van der Waals surface area (Å²) in [5.74, 6) is 1.01. The van der Waals surface area contributed by atoms with Gasteiger partial charge >= 0.3 is 0 Å². The van der Waals surface area contributed by atoms with Crippen molar-refractivity contribution in [2.45, 2.75) is 32.2 Å². The zero-order valence-electron chi connectivity index (χ0n) is 9.40. The summed E-state index contributed by atoms with van der Waals surface area (Å²) in [6.45, 7) is 5.99. The molecule has 1 aromatic heterocycles. The average Bonchev–Trinajstić information content (AvgIpc) is 2.15. The Balaban J connectivity index is 2.06. The highest BCUT2D eigenvalue weighted by Gasteiger charge is 2.35. The van der Waals surface area contributed by atoms with E-state index in [1.54, 1.807) is 6.33 Å². The molecule has 1 saturated heterocycles. The van der Waals surface area contributed by atoms with Crippen LogP contribution in [0.3, 0.4) is 0 Å². The summed E-state index contributed by atoms with van der Waals surface area (Å²) in [4.78, 5) is 10.7. The number of rotatable bonds is 3. The SMILES string of the molecule is CCCc1cc(N2CC(C)(N)C2)ncn1. The van der Waals surface area contributed by atoms with Gasteiger partial charge in [-0.1, -0.05) is 13.3 Å². The molecule has 0 bridgehead atoms. The van der Waals surface area contributed by atoms with Crippen LogP contribution in [-0.4, -0.2) is 28.6 Å². The fraction of sp³-hybridized carbons (Fsp3) is 0.636. The topological polar surface area (TPSA) is 55.0 Å². The van der Waals surface area contributed by atoms with Crippen LogP contribution in [0.1, 0.15) is 26.0 Å². The van der Waals surface area contributed by atoms with E-state index >= 15 is 0 Å². The molecule has 4 nitrogen and oxygen atoms in total. The first-order chi connectivity index (χ1) is 7.11. The van der Waals surface area contributed by atoms with Crippen molar-refractivity contribution in [3.05, 3.63) is 18.1 Å². The van der Waals surface area contributed by atoms with Gasteiger partial charge in [0.2, 0.25) is 0 Å². The number of anilines is 1. The predicted octanol–water partition coefficient (Wildman–Crippen LogP) is 0.966. The molecule has 0 radical (unpaired) electrons. The Morgan fingerprint density at radius 3 is 2.80 bits per heavy atom. The van der Waals surface area contributed by atoms with Gasteiger partial charge in [0.05, 0.1) is 0 Å². The van der Waals surface area contributed by atoms with Crippen LogP contribution in [0.25, 0.3) is 0 Å². The first-order valence-corrected chi connectivity index (χ1v) is 5.45. The van der Waals surface area contributed by atoms with Crippen molar-refractivity contribution in [1.82, 2.24) is 9.97 Å². The lowest BCUT2D eigenvalue weighted by atomic mass is 9.94. The fourth-order valence-corrected chi connectivity index (χ4v) is 1.94. The number of nitrogens with two attached hydrogens (primary N) is 1. The Morgan fingerprint density at radius 2 is 2.20 bits per heavy atom. The van der Waals surface area contributed by atoms with Gasteiger partial charge in [-0.2, -0.15) is 0 Å². The van der Waals surface area contributed by atoms with Crippen LogP contribution in [0.4, 0.5) is 5.82 Å². The Kier molecular flexibility index (Phi) is 2.61. The molecule has 0 aromatic carbocycles. The summed E-state index contributed by atoms with van der Waals surface area (Å²) in [5, 5.41) is 0. The largest absolute Gasteiger partial charge is 0.353 e. The molecule has 2 heterocycles. The summed E-state index contributed by atoms with van der Waals surface area (Å²) < 4.78 is 0. The van der Waals surface area contributed by atoms with Crippen molar-refractivity contribution in [3.63, 3.8) is 0 Å². The zero-order chi connectivity index (χ0) is 10.9. The van der Waals surface area contributed by atoms with E-state index in [0.717, 1.165) is 37.4 Å². The smallest absolute Gasteiger partial charge is 0.132 e. The van der Waals surface area contributed by atoms with Gasteiger partial charge in [-0.3, -0.25) is 0 Å². The Hall–Kier alpha value is -1.16. The van der Waals surface area contributed by atoms with E-state index in [2.05, 4.69) is 34.8 Å². The third-order valence-electron chi connectivity index (χ3n) is 2.64. The van der Waals surface area contributed by atoms with Gasteiger partial charge in [0.1, 0.15) is 12.1 Å². The van der Waals surface area contributed by atoms with Crippen molar-refractivity contribution in [1.29, 1.82) is 0 Å². The molecular formula is C11H18N4. The van der Waals surface area contributed by atoms with Gasteiger partial charge in [0.25, 0.3) is 0 Å². The lowest BCUT2D eigenvalue weighted by Gasteiger charge is -2.46. The van der Waals surface area contributed by atoms with Crippen LogP contribution in [0.2, 0.25) is 0 Å². The molecule has 15 heavy (non-hydrogen) atoms. The molecule has 82 valence electrons. The van der Waals surface area contributed by atoms with Crippen molar-refractivity contribution in [2.75, 3.05) is 18.0 Å². The Morgan fingerprint density at radius 1 is 1.47 bits per heavy atom. The molecule has 2 rings (SSSR count). The van der Waals surface area contributed by atoms with Gasteiger partial charge in [-0.25, -0.2) is 9.97 Å². The van der Waals surface area contributed by atoms with E-state index in [4.69, 9.17) is 5.73 Å². The second-order valence-electron chi connectivity index (χ2n) is 4.63. The van der Waals surface area contributed by atoms with E-state index in [1.807, 2.05) is 0 Å². The van der Waals surface area contributed by atoms with Crippen molar-refractivity contribution in [2.24, 2.45) is 5.73 Å². The maximum absolute atomic E-state index is 5.96. The molecule has 0 atom stereocenters. The second kappa shape index (κ2) is 3.77. The number of aromatic nitrogens is 2. The monoisotopic (exact) mass is 206 g/mol. The molecule has 2 N–H and O–H groups in total. The van der Waals surface area contributed by atoms with Crippen molar-refractivity contribution < 1.29 is 0 Å². The fourth-order valence-electron chi connectivity index (χ4n) is 1.94. The summed E-state index contributed by atoms with van der Waals surface area (Å²) in [7, 11) is 0. The Labute approximate surface area is 90.5 Å². The molecule has 4 heteroatoms. The predicted molar refractivity (Wildman–Crippen MR) is 60.8 cm³/mol. The number of nitrogens with zero attached hydrogens (tertiary/aromatic N) is 3. The Bertz CT molecular complexity index is 340. The van der Waals surface area contributed by atoms with Crippen LogP contribution in [-0.2, 0) is 6.42 Å². The molecule has 1 aliphatic rings. The first-order valence-electron chi connectivity index (χ1n) is 5.45. The van der Waals surface area contributed by atoms with Gasteiger partial charge in [0, 0.05) is 30.4 Å². The summed E-state index contributed by atoms with van der Waals surface area (Å²) in [6, 6.07) is 2.07. The van der Waals surface area contributed by atoms with E-state index in [0.29, 0.717) is 0 Å². The maximum atomic E-state index is 5.96. The van der Waals surface area contributed by atoms with Crippen LogP contribution in [0.15, 0.2) is 12.4 Å². The van der Waals surface area contributed by atoms with Crippen LogP contribution in [0, 0.1) is 0 Å². The highest BCUT2D eigenvalue weighted by molar-refractivity contribution is 5.44. The molecule has 0 saturated carbocycles. The number of aryl methyl sites for hydroxylation is 1. The highest BCUT2D eigenvalue weighted by Crippen LogP contribution is 2.23. The molecule has 0 amide bonds. The normalized spacial score (nSPS) is 18.7. The summed E-state index contributed by atoms with van der Waals surface area (Å²) in [6.07, 6.45) is 3.78.